The second-order valence-corrected chi connectivity index (χ2v) is 5.86. The van der Waals surface area contributed by atoms with Gasteiger partial charge in [-0.3, -0.25) is 14.7 Å². The Labute approximate surface area is 140 Å². The van der Waals surface area contributed by atoms with E-state index >= 15 is 0 Å². The summed E-state index contributed by atoms with van der Waals surface area (Å²) in [4.78, 5) is 18.0. The molecule has 6 heteroatoms. The fraction of sp³-hybridized carbons (Fsp3) is 0.250. The first kappa shape index (κ1) is 16.7. The van der Waals surface area contributed by atoms with Crippen molar-refractivity contribution in [2.45, 2.75) is 6.42 Å². The smallest absolute Gasteiger partial charge is 0.238 e. The lowest BCUT2D eigenvalue weighted by Gasteiger charge is -2.16. The molecule has 22 heavy (non-hydrogen) atoms. The molecule has 0 saturated heterocycles. The summed E-state index contributed by atoms with van der Waals surface area (Å²) in [5.41, 5.74) is 1.77. The van der Waals surface area contributed by atoms with Crippen molar-refractivity contribution in [1.82, 2.24) is 9.88 Å². The van der Waals surface area contributed by atoms with E-state index in [1.165, 1.54) is 5.56 Å². The Balaban J connectivity index is 1.81. The van der Waals surface area contributed by atoms with E-state index in [9.17, 15) is 4.79 Å². The van der Waals surface area contributed by atoms with Crippen LogP contribution in [0, 0.1) is 0 Å². The Morgan fingerprint density at radius 2 is 1.95 bits per heavy atom. The monoisotopic (exact) mass is 337 g/mol. The van der Waals surface area contributed by atoms with Gasteiger partial charge in [0.05, 0.1) is 17.3 Å². The lowest BCUT2D eigenvalue weighted by atomic mass is 10.2. The molecule has 116 valence electrons. The highest BCUT2D eigenvalue weighted by atomic mass is 35.5. The van der Waals surface area contributed by atoms with Crippen LogP contribution >= 0.6 is 23.2 Å². The summed E-state index contributed by atoms with van der Waals surface area (Å²) in [6.45, 7) is 1.08. The van der Waals surface area contributed by atoms with Crippen LogP contribution in [0.25, 0.3) is 0 Å². The number of carbonyl (C=O) groups excluding carboxylic acids is 1. The molecule has 4 nitrogen and oxygen atoms in total. The van der Waals surface area contributed by atoms with E-state index in [2.05, 4.69) is 10.3 Å². The molecule has 1 aromatic heterocycles. The molecule has 1 amide bonds. The predicted molar refractivity (Wildman–Crippen MR) is 90.5 cm³/mol. The van der Waals surface area contributed by atoms with Gasteiger partial charge in [0.2, 0.25) is 5.91 Å². The van der Waals surface area contributed by atoms with Crippen LogP contribution in [0.4, 0.5) is 5.69 Å². The largest absolute Gasteiger partial charge is 0.324 e. The first-order valence-electron chi connectivity index (χ1n) is 6.87. The van der Waals surface area contributed by atoms with Gasteiger partial charge in [0.1, 0.15) is 0 Å². The minimum absolute atomic E-state index is 0.110. The van der Waals surface area contributed by atoms with Crippen molar-refractivity contribution in [1.29, 1.82) is 0 Å². The lowest BCUT2D eigenvalue weighted by molar-refractivity contribution is -0.117. The standard InChI is InChI=1S/C16H17Cl2N3O/c1-21(9-6-12-4-7-19-8-5-12)11-16(22)20-15-3-2-13(17)10-14(15)18/h2-5,7-8,10H,6,9,11H2,1H3,(H,20,22). The molecule has 1 heterocycles. The number of aromatic nitrogens is 1. The summed E-state index contributed by atoms with van der Waals surface area (Å²) in [7, 11) is 1.91. The summed E-state index contributed by atoms with van der Waals surface area (Å²) in [5, 5.41) is 3.76. The molecule has 1 aromatic carbocycles. The number of carbonyl (C=O) groups is 1. The molecule has 0 aliphatic carbocycles. The molecule has 1 N–H and O–H groups in total. The molecule has 0 aliphatic rings. The van der Waals surface area contributed by atoms with Crippen molar-refractivity contribution in [2.75, 3.05) is 25.5 Å². The van der Waals surface area contributed by atoms with Gasteiger partial charge in [-0.15, -0.1) is 0 Å². The minimum Gasteiger partial charge on any atom is -0.324 e. The second kappa shape index (κ2) is 8.13. The van der Waals surface area contributed by atoms with Gasteiger partial charge >= 0.3 is 0 Å². The lowest BCUT2D eigenvalue weighted by Crippen LogP contribution is -2.31. The summed E-state index contributed by atoms with van der Waals surface area (Å²) < 4.78 is 0. The molecule has 0 bridgehead atoms. The molecule has 0 fully saturated rings. The van der Waals surface area contributed by atoms with Crippen LogP contribution in [-0.2, 0) is 11.2 Å². The average Bonchev–Trinajstić information content (AvgIpc) is 2.49. The Morgan fingerprint density at radius 1 is 1.23 bits per heavy atom. The zero-order chi connectivity index (χ0) is 15.9. The quantitative estimate of drug-likeness (QED) is 0.877. The van der Waals surface area contributed by atoms with Crippen molar-refractivity contribution >= 4 is 34.8 Å². The van der Waals surface area contributed by atoms with Gasteiger partial charge in [-0.25, -0.2) is 0 Å². The Morgan fingerprint density at radius 3 is 2.64 bits per heavy atom. The van der Waals surface area contributed by atoms with Crippen molar-refractivity contribution < 1.29 is 4.79 Å². The summed E-state index contributed by atoms with van der Waals surface area (Å²) in [6, 6.07) is 8.93. The third-order valence-electron chi connectivity index (χ3n) is 3.15. The van der Waals surface area contributed by atoms with Crippen molar-refractivity contribution in [3.05, 3.63) is 58.3 Å². The molecule has 0 aliphatic heterocycles. The van der Waals surface area contributed by atoms with Crippen LogP contribution in [0.3, 0.4) is 0 Å². The van der Waals surface area contributed by atoms with E-state index in [1.54, 1.807) is 30.6 Å². The average molecular weight is 338 g/mol. The number of amides is 1. The molecule has 0 atom stereocenters. The van der Waals surface area contributed by atoms with Gasteiger partial charge in [-0.05, 0) is 49.4 Å². The number of hydrogen-bond acceptors (Lipinski definition) is 3. The highest BCUT2D eigenvalue weighted by Gasteiger charge is 2.09. The zero-order valence-electron chi connectivity index (χ0n) is 12.2. The minimum atomic E-state index is -0.110. The van der Waals surface area contributed by atoms with Crippen LogP contribution in [0.1, 0.15) is 5.56 Å². The number of nitrogens with zero attached hydrogens (tertiary/aromatic N) is 2. The molecule has 0 unspecified atom stereocenters. The fourth-order valence-electron chi connectivity index (χ4n) is 1.97. The normalized spacial score (nSPS) is 10.7. The van der Waals surface area contributed by atoms with Gasteiger partial charge in [0, 0.05) is 24.0 Å². The van der Waals surface area contributed by atoms with Gasteiger partial charge in [-0.2, -0.15) is 0 Å². The Hall–Kier alpha value is -1.62. The van der Waals surface area contributed by atoms with Crippen LogP contribution in [-0.4, -0.2) is 35.9 Å². The van der Waals surface area contributed by atoms with Crippen LogP contribution in [0.2, 0.25) is 10.0 Å². The van der Waals surface area contributed by atoms with Crippen LogP contribution in [0.5, 0.6) is 0 Å². The van der Waals surface area contributed by atoms with Crippen molar-refractivity contribution in [2.24, 2.45) is 0 Å². The van der Waals surface area contributed by atoms with Gasteiger partial charge in [0.15, 0.2) is 0 Å². The third kappa shape index (κ3) is 5.30. The highest BCUT2D eigenvalue weighted by molar-refractivity contribution is 6.36. The van der Waals surface area contributed by atoms with Crippen LogP contribution in [0.15, 0.2) is 42.7 Å². The third-order valence-corrected chi connectivity index (χ3v) is 3.70. The number of likely N-dealkylation sites (N-methyl/N-ethyl adjacent to an activating group) is 1. The number of anilines is 1. The first-order chi connectivity index (χ1) is 10.5. The van der Waals surface area contributed by atoms with E-state index in [0.29, 0.717) is 22.3 Å². The summed E-state index contributed by atoms with van der Waals surface area (Å²) in [5.74, 6) is -0.110. The van der Waals surface area contributed by atoms with Gasteiger partial charge in [0.25, 0.3) is 0 Å². The van der Waals surface area contributed by atoms with Gasteiger partial charge in [-0.1, -0.05) is 23.2 Å². The maximum Gasteiger partial charge on any atom is 0.238 e. The molecule has 0 saturated carbocycles. The zero-order valence-corrected chi connectivity index (χ0v) is 13.7. The van der Waals surface area contributed by atoms with E-state index in [4.69, 9.17) is 23.2 Å². The molecular formula is C16H17Cl2N3O. The van der Waals surface area contributed by atoms with Crippen molar-refractivity contribution in [3.63, 3.8) is 0 Å². The maximum atomic E-state index is 12.0. The number of nitrogens with one attached hydrogen (secondary N) is 1. The number of halogens is 2. The highest BCUT2D eigenvalue weighted by Crippen LogP contribution is 2.25. The van der Waals surface area contributed by atoms with Crippen molar-refractivity contribution in [3.8, 4) is 0 Å². The molecule has 0 radical (unpaired) electrons. The second-order valence-electron chi connectivity index (χ2n) is 5.02. The number of pyridine rings is 1. The topological polar surface area (TPSA) is 45.2 Å². The summed E-state index contributed by atoms with van der Waals surface area (Å²) in [6.07, 6.45) is 4.41. The number of hydrogen-bond donors (Lipinski definition) is 1. The molecule has 2 rings (SSSR count). The Kier molecular flexibility index (Phi) is 6.19. The maximum absolute atomic E-state index is 12.0. The van der Waals surface area contributed by atoms with Gasteiger partial charge < -0.3 is 5.32 Å². The number of rotatable bonds is 6. The fourth-order valence-corrected chi connectivity index (χ4v) is 2.43. The SMILES string of the molecule is CN(CCc1ccncc1)CC(=O)Nc1ccc(Cl)cc1Cl. The first-order valence-corrected chi connectivity index (χ1v) is 7.62. The predicted octanol–water partition coefficient (Wildman–Crippen LogP) is 3.50. The molecular weight excluding hydrogens is 321 g/mol. The van der Waals surface area contributed by atoms with E-state index in [1.807, 2.05) is 24.1 Å². The summed E-state index contributed by atoms with van der Waals surface area (Å²) >= 11 is 11.9. The van der Waals surface area contributed by atoms with E-state index < -0.39 is 0 Å². The number of benzene rings is 1. The molecule has 0 spiro atoms. The Bertz CT molecular complexity index is 635. The molecule has 2 aromatic rings. The van der Waals surface area contributed by atoms with E-state index in [0.717, 1.165) is 13.0 Å². The van der Waals surface area contributed by atoms with E-state index in [-0.39, 0.29) is 5.91 Å². The van der Waals surface area contributed by atoms with Crippen LogP contribution < -0.4 is 5.32 Å².